The number of halogens is 1. The highest BCUT2D eigenvalue weighted by Gasteiger charge is 2.22. The zero-order chi connectivity index (χ0) is 12.3. The first kappa shape index (κ1) is 12.4. The maximum atomic E-state index is 6.00. The first-order valence-corrected chi connectivity index (χ1v) is 6.43. The summed E-state index contributed by atoms with van der Waals surface area (Å²) in [5.74, 6) is 2.25. The lowest BCUT2D eigenvalue weighted by atomic mass is 9.94. The second-order valence-corrected chi connectivity index (χ2v) is 4.72. The van der Waals surface area contributed by atoms with Crippen molar-refractivity contribution in [3.8, 4) is 5.75 Å². The van der Waals surface area contributed by atoms with Crippen molar-refractivity contribution in [2.24, 2.45) is 5.92 Å². The van der Waals surface area contributed by atoms with Crippen LogP contribution in [0.15, 0.2) is 6.33 Å². The largest absolute Gasteiger partial charge is 0.490 e. The van der Waals surface area contributed by atoms with Crippen LogP contribution < -0.4 is 9.64 Å². The molecule has 1 fully saturated rings. The fourth-order valence-electron chi connectivity index (χ4n) is 2.30. The van der Waals surface area contributed by atoms with Gasteiger partial charge in [0.1, 0.15) is 6.33 Å². The van der Waals surface area contributed by atoms with Crippen LogP contribution >= 0.6 is 11.6 Å². The van der Waals surface area contributed by atoms with Crippen LogP contribution in [-0.4, -0.2) is 30.2 Å². The second-order valence-electron chi connectivity index (χ2n) is 4.36. The monoisotopic (exact) mass is 255 g/mol. The van der Waals surface area contributed by atoms with Crippen LogP contribution in [0.3, 0.4) is 0 Å². The summed E-state index contributed by atoms with van der Waals surface area (Å²) in [5.41, 5.74) is 0. The number of anilines is 1. The number of hydrogen-bond acceptors (Lipinski definition) is 4. The molecule has 17 heavy (non-hydrogen) atoms. The third-order valence-electron chi connectivity index (χ3n) is 3.44. The summed E-state index contributed by atoms with van der Waals surface area (Å²) in [6.45, 7) is 4.28. The van der Waals surface area contributed by atoms with E-state index < -0.39 is 0 Å². The van der Waals surface area contributed by atoms with Gasteiger partial charge in [0.05, 0.1) is 7.11 Å². The molecule has 94 valence electrons. The summed E-state index contributed by atoms with van der Waals surface area (Å²) < 4.78 is 5.28. The Balaban J connectivity index is 2.15. The lowest BCUT2D eigenvalue weighted by Crippen LogP contribution is -2.34. The highest BCUT2D eigenvalue weighted by molar-refractivity contribution is 6.31. The average molecular weight is 256 g/mol. The number of methoxy groups -OCH3 is 1. The van der Waals surface area contributed by atoms with Crippen molar-refractivity contribution in [1.29, 1.82) is 0 Å². The average Bonchev–Trinajstić information content (AvgIpc) is 2.38. The van der Waals surface area contributed by atoms with Crippen LogP contribution in [0, 0.1) is 5.92 Å². The van der Waals surface area contributed by atoms with Gasteiger partial charge in [0.25, 0.3) is 0 Å². The number of aromatic nitrogens is 2. The number of rotatable bonds is 3. The molecule has 5 heteroatoms. The Labute approximate surface area is 107 Å². The fraction of sp³-hybridized carbons (Fsp3) is 0.667. The van der Waals surface area contributed by atoms with Gasteiger partial charge in [-0.05, 0) is 18.8 Å². The highest BCUT2D eigenvalue weighted by Crippen LogP contribution is 2.33. The number of nitrogens with zero attached hydrogens (tertiary/aromatic N) is 3. The van der Waals surface area contributed by atoms with Gasteiger partial charge in [-0.25, -0.2) is 9.97 Å². The van der Waals surface area contributed by atoms with E-state index in [0.717, 1.165) is 24.8 Å². The van der Waals surface area contributed by atoms with E-state index in [2.05, 4.69) is 21.8 Å². The molecule has 2 heterocycles. The van der Waals surface area contributed by atoms with Crippen molar-refractivity contribution in [3.63, 3.8) is 0 Å². The van der Waals surface area contributed by atoms with Crippen molar-refractivity contribution >= 4 is 17.4 Å². The molecule has 1 aromatic rings. The normalized spacial score (nSPS) is 17.2. The summed E-state index contributed by atoms with van der Waals surface area (Å²) in [4.78, 5) is 10.5. The van der Waals surface area contributed by atoms with Gasteiger partial charge in [0.2, 0.25) is 0 Å². The summed E-state index contributed by atoms with van der Waals surface area (Å²) in [5, 5.41) is 0.384. The summed E-state index contributed by atoms with van der Waals surface area (Å²) in [6.07, 6.45) is 5.17. The van der Waals surface area contributed by atoms with Gasteiger partial charge in [0.15, 0.2) is 16.7 Å². The first-order valence-electron chi connectivity index (χ1n) is 6.05. The van der Waals surface area contributed by atoms with Crippen LogP contribution in [-0.2, 0) is 0 Å². The predicted molar refractivity (Wildman–Crippen MR) is 68.8 cm³/mol. The highest BCUT2D eigenvalue weighted by atomic mass is 35.5. The summed E-state index contributed by atoms with van der Waals surface area (Å²) >= 11 is 6.00. The van der Waals surface area contributed by atoms with E-state index in [-0.39, 0.29) is 0 Å². The Morgan fingerprint density at radius 1 is 1.41 bits per heavy atom. The van der Waals surface area contributed by atoms with Gasteiger partial charge in [0, 0.05) is 13.1 Å². The zero-order valence-corrected chi connectivity index (χ0v) is 11.1. The Kier molecular flexibility index (Phi) is 4.05. The molecule has 0 spiro atoms. The molecule has 0 unspecified atom stereocenters. The lowest BCUT2D eigenvalue weighted by molar-refractivity contribution is 0.381. The molecular weight excluding hydrogens is 238 g/mol. The zero-order valence-electron chi connectivity index (χ0n) is 10.3. The van der Waals surface area contributed by atoms with E-state index in [1.54, 1.807) is 7.11 Å². The third kappa shape index (κ3) is 2.63. The van der Waals surface area contributed by atoms with Gasteiger partial charge in [-0.3, -0.25) is 0 Å². The van der Waals surface area contributed by atoms with E-state index in [4.69, 9.17) is 16.3 Å². The molecule has 1 aromatic heterocycles. The molecular formula is C12H18ClN3O. The van der Waals surface area contributed by atoms with Crippen molar-refractivity contribution < 1.29 is 4.74 Å². The standard InChI is InChI=1S/C12H18ClN3O/c1-3-9-4-6-16(7-5-9)12-10(17-2)11(13)14-8-15-12/h8-9H,3-7H2,1-2H3. The quantitative estimate of drug-likeness (QED) is 0.779. The van der Waals surface area contributed by atoms with Gasteiger partial charge in [-0.1, -0.05) is 24.9 Å². The molecule has 1 saturated heterocycles. The molecule has 0 amide bonds. The number of hydrogen-bond donors (Lipinski definition) is 0. The van der Waals surface area contributed by atoms with Gasteiger partial charge < -0.3 is 9.64 Å². The van der Waals surface area contributed by atoms with Crippen molar-refractivity contribution in [3.05, 3.63) is 11.5 Å². The van der Waals surface area contributed by atoms with Crippen molar-refractivity contribution in [1.82, 2.24) is 9.97 Å². The predicted octanol–water partition coefficient (Wildman–Crippen LogP) is 2.77. The molecule has 0 atom stereocenters. The van der Waals surface area contributed by atoms with Gasteiger partial charge in [-0.2, -0.15) is 0 Å². The van der Waals surface area contributed by atoms with Crippen molar-refractivity contribution in [2.45, 2.75) is 26.2 Å². The summed E-state index contributed by atoms with van der Waals surface area (Å²) in [7, 11) is 1.60. The van der Waals surface area contributed by atoms with Gasteiger partial charge >= 0.3 is 0 Å². The second kappa shape index (κ2) is 5.54. The maximum Gasteiger partial charge on any atom is 0.199 e. The van der Waals surface area contributed by atoms with E-state index >= 15 is 0 Å². The minimum atomic E-state index is 0.384. The van der Waals surface area contributed by atoms with E-state index in [1.807, 2.05) is 0 Å². The maximum absolute atomic E-state index is 6.00. The van der Waals surface area contributed by atoms with E-state index in [1.165, 1.54) is 25.6 Å². The van der Waals surface area contributed by atoms with E-state index in [0.29, 0.717) is 10.9 Å². The molecule has 4 nitrogen and oxygen atoms in total. The Morgan fingerprint density at radius 3 is 2.71 bits per heavy atom. The van der Waals surface area contributed by atoms with Crippen LogP contribution in [0.4, 0.5) is 5.82 Å². The van der Waals surface area contributed by atoms with E-state index in [9.17, 15) is 0 Å². The van der Waals surface area contributed by atoms with Gasteiger partial charge in [-0.15, -0.1) is 0 Å². The fourth-order valence-corrected chi connectivity index (χ4v) is 2.50. The molecule has 0 aliphatic carbocycles. The Morgan fingerprint density at radius 2 is 2.12 bits per heavy atom. The molecule has 2 rings (SSSR count). The van der Waals surface area contributed by atoms with Crippen LogP contribution in [0.25, 0.3) is 0 Å². The Hall–Kier alpha value is -1.03. The minimum absolute atomic E-state index is 0.384. The van der Waals surface area contributed by atoms with Crippen LogP contribution in [0.1, 0.15) is 26.2 Å². The minimum Gasteiger partial charge on any atom is -0.490 e. The number of ether oxygens (including phenoxy) is 1. The molecule has 1 aliphatic rings. The molecule has 0 bridgehead atoms. The first-order chi connectivity index (χ1) is 8.26. The molecule has 1 aliphatic heterocycles. The van der Waals surface area contributed by atoms with Crippen LogP contribution in [0.5, 0.6) is 5.75 Å². The van der Waals surface area contributed by atoms with Crippen LogP contribution in [0.2, 0.25) is 5.15 Å². The van der Waals surface area contributed by atoms with Crippen molar-refractivity contribution in [2.75, 3.05) is 25.1 Å². The third-order valence-corrected chi connectivity index (χ3v) is 3.71. The summed E-state index contributed by atoms with van der Waals surface area (Å²) in [6, 6.07) is 0. The smallest absolute Gasteiger partial charge is 0.199 e. The number of piperidine rings is 1. The Bertz CT molecular complexity index is 378. The topological polar surface area (TPSA) is 38.2 Å². The SMILES string of the molecule is CCC1CCN(c2ncnc(Cl)c2OC)CC1. The molecule has 0 radical (unpaired) electrons. The molecule has 0 N–H and O–H groups in total. The lowest BCUT2D eigenvalue weighted by Gasteiger charge is -2.32. The molecule has 0 saturated carbocycles. The molecule has 0 aromatic carbocycles.